The maximum atomic E-state index is 6.44. The highest BCUT2D eigenvalue weighted by atomic mass is 35.5. The van der Waals surface area contributed by atoms with Crippen LogP contribution in [0.25, 0.3) is 10.9 Å². The summed E-state index contributed by atoms with van der Waals surface area (Å²) in [5.41, 5.74) is 9.15. The lowest BCUT2D eigenvalue weighted by atomic mass is 10.2. The lowest BCUT2D eigenvalue weighted by molar-refractivity contribution is 0.301. The number of benzene rings is 2. The van der Waals surface area contributed by atoms with E-state index in [1.54, 1.807) is 12.3 Å². The molecule has 4 aromatic rings. The molecule has 2 heterocycles. The number of nitrogen functional groups attached to an aromatic ring is 1. The second-order valence-electron chi connectivity index (χ2n) is 7.76. The van der Waals surface area contributed by atoms with E-state index in [1.807, 2.05) is 42.5 Å². The number of ether oxygens (including phenoxy) is 2. The third-order valence-corrected chi connectivity index (χ3v) is 5.53. The van der Waals surface area contributed by atoms with Crippen LogP contribution in [0.1, 0.15) is 18.5 Å². The van der Waals surface area contributed by atoms with Crippen LogP contribution in [-0.4, -0.2) is 21.6 Å². The number of pyridine rings is 1. The molecule has 0 aliphatic heterocycles. The number of nitrogens with zero attached hydrogens (tertiary/aromatic N) is 3. The summed E-state index contributed by atoms with van der Waals surface area (Å²) in [6, 6.07) is 14.9. The number of aromatic nitrogens is 3. The number of rotatable bonds is 8. The minimum atomic E-state index is 0.342. The summed E-state index contributed by atoms with van der Waals surface area (Å²) in [6.07, 6.45) is 5.68. The lowest BCUT2D eigenvalue weighted by Gasteiger charge is -2.13. The average Bonchev–Trinajstić information content (AvgIpc) is 3.63. The number of anilines is 3. The molecule has 2 aromatic carbocycles. The van der Waals surface area contributed by atoms with Crippen LogP contribution in [0.2, 0.25) is 5.02 Å². The zero-order valence-corrected chi connectivity index (χ0v) is 18.0. The van der Waals surface area contributed by atoms with Crippen molar-refractivity contribution in [3.8, 4) is 11.5 Å². The number of halogens is 1. The molecular formula is C24H22ClN5O2. The van der Waals surface area contributed by atoms with E-state index in [-0.39, 0.29) is 0 Å². The minimum Gasteiger partial charge on any atom is -0.491 e. The molecule has 2 aromatic heterocycles. The Morgan fingerprint density at radius 2 is 1.91 bits per heavy atom. The van der Waals surface area contributed by atoms with Crippen molar-refractivity contribution in [3.63, 3.8) is 0 Å². The van der Waals surface area contributed by atoms with Crippen molar-refractivity contribution in [1.29, 1.82) is 0 Å². The smallest absolute Gasteiger partial charge is 0.144 e. The average molecular weight is 448 g/mol. The van der Waals surface area contributed by atoms with Gasteiger partial charge in [-0.1, -0.05) is 17.7 Å². The Morgan fingerprint density at radius 3 is 2.69 bits per heavy atom. The molecule has 162 valence electrons. The number of hydrogen-bond acceptors (Lipinski definition) is 7. The van der Waals surface area contributed by atoms with Gasteiger partial charge in [0.15, 0.2) is 0 Å². The topological polar surface area (TPSA) is 95.2 Å². The zero-order chi connectivity index (χ0) is 21.9. The zero-order valence-electron chi connectivity index (χ0n) is 17.3. The maximum absolute atomic E-state index is 6.44. The summed E-state index contributed by atoms with van der Waals surface area (Å²) >= 11 is 6.44. The molecule has 3 N–H and O–H groups in total. The summed E-state index contributed by atoms with van der Waals surface area (Å²) in [5, 5.41) is 4.58. The number of nitrogens with one attached hydrogen (secondary N) is 1. The molecule has 1 saturated carbocycles. The first-order valence-electron chi connectivity index (χ1n) is 10.4. The molecule has 0 unspecified atom stereocenters. The Morgan fingerprint density at radius 1 is 1.00 bits per heavy atom. The molecule has 1 aliphatic rings. The first-order valence-corrected chi connectivity index (χ1v) is 10.8. The molecule has 7 nitrogen and oxygen atoms in total. The van der Waals surface area contributed by atoms with E-state index in [0.717, 1.165) is 22.3 Å². The van der Waals surface area contributed by atoms with Crippen LogP contribution < -0.4 is 20.5 Å². The van der Waals surface area contributed by atoms with Gasteiger partial charge in [0.2, 0.25) is 0 Å². The van der Waals surface area contributed by atoms with Gasteiger partial charge in [0.25, 0.3) is 0 Å². The number of nitrogens with two attached hydrogens (primary N) is 1. The van der Waals surface area contributed by atoms with E-state index in [9.17, 15) is 0 Å². The Hall–Kier alpha value is -3.58. The van der Waals surface area contributed by atoms with E-state index < -0.39 is 0 Å². The second-order valence-corrected chi connectivity index (χ2v) is 8.17. The highest BCUT2D eigenvalue weighted by Crippen LogP contribution is 2.35. The van der Waals surface area contributed by atoms with Gasteiger partial charge in [0.05, 0.1) is 28.5 Å². The standard InChI is InChI=1S/C24H22ClN5O2/c25-19-9-16(6-7-22(19)32-13-17-3-1-2-8-27-17)30-24-18-10-20(26)23(31-12-15-4-5-15)11-21(18)28-14-29-24/h1-3,6-11,14-15H,4-5,12-13,26H2,(H,28,29,30). The summed E-state index contributed by atoms with van der Waals surface area (Å²) in [6.45, 7) is 1.04. The lowest BCUT2D eigenvalue weighted by Crippen LogP contribution is -2.03. The Labute approximate surface area is 190 Å². The normalized spacial score (nSPS) is 13.2. The van der Waals surface area contributed by atoms with Crippen LogP contribution in [0, 0.1) is 5.92 Å². The van der Waals surface area contributed by atoms with Crippen LogP contribution in [0.15, 0.2) is 61.1 Å². The largest absolute Gasteiger partial charge is 0.491 e. The molecule has 1 aliphatic carbocycles. The van der Waals surface area contributed by atoms with E-state index in [1.165, 1.54) is 19.2 Å². The summed E-state index contributed by atoms with van der Waals surface area (Å²) in [7, 11) is 0. The maximum Gasteiger partial charge on any atom is 0.144 e. The van der Waals surface area contributed by atoms with E-state index in [2.05, 4.69) is 20.3 Å². The molecule has 0 radical (unpaired) electrons. The SMILES string of the molecule is Nc1cc2c(Nc3ccc(OCc4ccccn4)c(Cl)c3)ncnc2cc1OCC1CC1. The van der Waals surface area contributed by atoms with Crippen LogP contribution in [-0.2, 0) is 6.61 Å². The molecule has 0 spiro atoms. The van der Waals surface area contributed by atoms with Gasteiger partial charge in [-0.3, -0.25) is 4.98 Å². The van der Waals surface area contributed by atoms with Crippen molar-refractivity contribution in [2.24, 2.45) is 5.92 Å². The van der Waals surface area contributed by atoms with Gasteiger partial charge in [-0.25, -0.2) is 9.97 Å². The van der Waals surface area contributed by atoms with Crippen molar-refractivity contribution >= 4 is 39.7 Å². The van der Waals surface area contributed by atoms with Crippen molar-refractivity contribution in [2.45, 2.75) is 19.4 Å². The van der Waals surface area contributed by atoms with Crippen molar-refractivity contribution < 1.29 is 9.47 Å². The monoisotopic (exact) mass is 447 g/mol. The second kappa shape index (κ2) is 8.88. The van der Waals surface area contributed by atoms with E-state index >= 15 is 0 Å². The van der Waals surface area contributed by atoms with Gasteiger partial charge in [-0.2, -0.15) is 0 Å². The molecule has 32 heavy (non-hydrogen) atoms. The molecule has 1 fully saturated rings. The predicted octanol–water partition coefficient (Wildman–Crippen LogP) is 5.37. The third kappa shape index (κ3) is 4.68. The minimum absolute atomic E-state index is 0.342. The quantitative estimate of drug-likeness (QED) is 0.350. The highest BCUT2D eigenvalue weighted by molar-refractivity contribution is 6.32. The number of fused-ring (bicyclic) bond motifs is 1. The van der Waals surface area contributed by atoms with Gasteiger partial charge in [-0.05, 0) is 55.2 Å². The Kier molecular flexibility index (Phi) is 5.64. The summed E-state index contributed by atoms with van der Waals surface area (Å²) in [5.74, 6) is 2.52. The fourth-order valence-corrected chi connectivity index (χ4v) is 3.52. The molecule has 0 bridgehead atoms. The Bertz CT molecular complexity index is 1250. The van der Waals surface area contributed by atoms with Gasteiger partial charge in [0.1, 0.15) is 30.3 Å². The van der Waals surface area contributed by atoms with Crippen LogP contribution in [0.3, 0.4) is 0 Å². The Balaban J connectivity index is 1.33. The van der Waals surface area contributed by atoms with Gasteiger partial charge in [-0.15, -0.1) is 0 Å². The molecule has 5 rings (SSSR count). The molecule has 0 saturated heterocycles. The van der Waals surface area contributed by atoms with Crippen LogP contribution >= 0.6 is 11.6 Å². The molecule has 0 atom stereocenters. The molecular weight excluding hydrogens is 426 g/mol. The van der Waals surface area contributed by atoms with Crippen LogP contribution in [0.4, 0.5) is 17.2 Å². The summed E-state index contributed by atoms with van der Waals surface area (Å²) < 4.78 is 11.7. The van der Waals surface area contributed by atoms with Crippen molar-refractivity contribution in [3.05, 3.63) is 71.8 Å². The first-order chi connectivity index (χ1) is 15.7. The first kappa shape index (κ1) is 20.3. The van der Waals surface area contributed by atoms with Gasteiger partial charge < -0.3 is 20.5 Å². The predicted molar refractivity (Wildman–Crippen MR) is 125 cm³/mol. The van der Waals surface area contributed by atoms with Crippen molar-refractivity contribution in [1.82, 2.24) is 15.0 Å². The fraction of sp³-hybridized carbons (Fsp3) is 0.208. The third-order valence-electron chi connectivity index (χ3n) is 5.23. The highest BCUT2D eigenvalue weighted by Gasteiger charge is 2.22. The van der Waals surface area contributed by atoms with E-state index in [0.29, 0.717) is 47.2 Å². The number of hydrogen-bond donors (Lipinski definition) is 2. The van der Waals surface area contributed by atoms with Gasteiger partial charge >= 0.3 is 0 Å². The molecule has 0 amide bonds. The van der Waals surface area contributed by atoms with Crippen LogP contribution in [0.5, 0.6) is 11.5 Å². The fourth-order valence-electron chi connectivity index (χ4n) is 3.28. The van der Waals surface area contributed by atoms with Crippen molar-refractivity contribution in [2.75, 3.05) is 17.7 Å². The van der Waals surface area contributed by atoms with Gasteiger partial charge in [0, 0.05) is 23.3 Å². The molecule has 8 heteroatoms. The summed E-state index contributed by atoms with van der Waals surface area (Å²) in [4.78, 5) is 13.0. The van der Waals surface area contributed by atoms with E-state index in [4.69, 9.17) is 26.8 Å².